The molecule has 10 nitrogen and oxygen atoms in total. The molecule has 244 valence electrons. The number of hydrogen-bond acceptors (Lipinski definition) is 8. The van der Waals surface area contributed by atoms with Crippen molar-refractivity contribution in [2.45, 2.75) is 34.7 Å². The molecule has 2 aliphatic heterocycles. The summed E-state index contributed by atoms with van der Waals surface area (Å²) in [4.78, 5) is 55.8. The number of benzene rings is 1. The number of hydrazine groups is 1. The highest BCUT2D eigenvalue weighted by atomic mass is 79.9. The number of aromatic nitrogens is 1. The number of methoxy groups -OCH3 is 1. The first-order valence-electron chi connectivity index (χ1n) is 13.8. The van der Waals surface area contributed by atoms with Gasteiger partial charge in [0.15, 0.2) is 27.1 Å². The molecule has 6 atom stereocenters. The molecule has 2 saturated heterocycles. The van der Waals surface area contributed by atoms with Gasteiger partial charge in [0.25, 0.3) is 23.6 Å². The van der Waals surface area contributed by atoms with Crippen molar-refractivity contribution in [3.05, 3.63) is 58.3 Å². The van der Waals surface area contributed by atoms with Gasteiger partial charge in [0, 0.05) is 18.5 Å². The minimum atomic E-state index is -4.83. The van der Waals surface area contributed by atoms with Crippen LogP contribution >= 0.6 is 50.7 Å². The standard InChI is InChI=1S/C29H23BrCl3F3N4O6/c1-38(22-16(31)8-9-18(37-22)29(34,35)36)40-23(42)13-7-6-12-15(19(13)24(40)43)10-27(32)25(44)39(11-30)26(45)28(27,33)20(12)14-4-3-5-17(46-2)21(14)41/h3-6,8-9,13,15,19-20,41H,7,10-11H2,1-2H3/t13-,15+,19-,20+,27+,28-/m0/s1. The summed E-state index contributed by atoms with van der Waals surface area (Å²) in [6.07, 6.45) is -3.54. The number of imide groups is 2. The van der Waals surface area contributed by atoms with Crippen LogP contribution in [0.2, 0.25) is 5.02 Å². The van der Waals surface area contributed by atoms with E-state index < -0.39 is 74.7 Å². The molecule has 0 bridgehead atoms. The van der Waals surface area contributed by atoms with Gasteiger partial charge in [-0.25, -0.2) is 4.98 Å². The number of nitrogens with zero attached hydrogens (tertiary/aromatic N) is 4. The van der Waals surface area contributed by atoms with E-state index in [2.05, 4.69) is 20.9 Å². The molecule has 2 aliphatic carbocycles. The number of likely N-dealkylation sites (tertiary alicyclic amines) is 1. The number of fused-ring (bicyclic) bond motifs is 4. The Labute approximate surface area is 283 Å². The molecule has 0 radical (unpaired) electrons. The predicted octanol–water partition coefficient (Wildman–Crippen LogP) is 5.23. The maximum absolute atomic E-state index is 14.2. The fraction of sp³-hybridized carbons (Fsp3) is 0.414. The van der Waals surface area contributed by atoms with Gasteiger partial charge < -0.3 is 9.84 Å². The third-order valence-corrected chi connectivity index (χ3v) is 11.5. The van der Waals surface area contributed by atoms with Crippen LogP contribution in [-0.2, 0) is 25.4 Å². The zero-order chi connectivity index (χ0) is 33.7. The lowest BCUT2D eigenvalue weighted by atomic mass is 9.56. The molecule has 1 aromatic heterocycles. The molecular formula is C29H23BrCl3F3N4O6. The Morgan fingerprint density at radius 1 is 1.11 bits per heavy atom. The highest BCUT2D eigenvalue weighted by molar-refractivity contribution is 9.09. The smallest absolute Gasteiger partial charge is 0.433 e. The van der Waals surface area contributed by atoms with E-state index in [9.17, 15) is 37.5 Å². The van der Waals surface area contributed by atoms with Gasteiger partial charge in [0.1, 0.15) is 5.69 Å². The average molecular weight is 767 g/mol. The average Bonchev–Trinajstić information content (AvgIpc) is 3.34. The van der Waals surface area contributed by atoms with Crippen molar-refractivity contribution in [3.63, 3.8) is 0 Å². The summed E-state index contributed by atoms with van der Waals surface area (Å²) < 4.78 is 45.7. The minimum Gasteiger partial charge on any atom is -0.504 e. The van der Waals surface area contributed by atoms with Gasteiger partial charge >= 0.3 is 6.18 Å². The summed E-state index contributed by atoms with van der Waals surface area (Å²) in [5.74, 6) is -8.34. The number of rotatable bonds is 5. The number of carbonyl (C=O) groups is 4. The van der Waals surface area contributed by atoms with Gasteiger partial charge in [-0.05, 0) is 37.0 Å². The molecule has 2 aromatic rings. The largest absolute Gasteiger partial charge is 0.504 e. The second kappa shape index (κ2) is 11.0. The third kappa shape index (κ3) is 4.32. The maximum Gasteiger partial charge on any atom is 0.433 e. The van der Waals surface area contributed by atoms with Crippen molar-refractivity contribution in [2.75, 3.05) is 24.6 Å². The van der Waals surface area contributed by atoms with Crippen molar-refractivity contribution in [2.24, 2.45) is 17.8 Å². The summed E-state index contributed by atoms with van der Waals surface area (Å²) in [5.41, 5.74) is -1.01. The van der Waals surface area contributed by atoms with Crippen molar-refractivity contribution in [3.8, 4) is 11.5 Å². The van der Waals surface area contributed by atoms with Crippen LogP contribution in [0.5, 0.6) is 11.5 Å². The van der Waals surface area contributed by atoms with Crippen molar-refractivity contribution < 1.29 is 42.2 Å². The fourth-order valence-corrected chi connectivity index (χ4v) is 8.87. The van der Waals surface area contributed by atoms with E-state index >= 15 is 0 Å². The highest BCUT2D eigenvalue weighted by Crippen LogP contribution is 2.66. The van der Waals surface area contributed by atoms with E-state index in [-0.39, 0.29) is 40.4 Å². The number of aromatic hydroxyl groups is 1. The summed E-state index contributed by atoms with van der Waals surface area (Å²) >= 11 is 23.7. The molecule has 0 unspecified atom stereocenters. The molecule has 3 heterocycles. The fourth-order valence-electron chi connectivity index (χ4n) is 7.23. The van der Waals surface area contributed by atoms with Crippen molar-refractivity contribution >= 4 is 80.2 Å². The maximum atomic E-state index is 14.2. The summed E-state index contributed by atoms with van der Waals surface area (Å²) in [5, 5.41) is 12.6. The van der Waals surface area contributed by atoms with Gasteiger partial charge in [-0.1, -0.05) is 51.3 Å². The van der Waals surface area contributed by atoms with E-state index in [0.717, 1.165) is 16.0 Å². The number of hydrogen-bond donors (Lipinski definition) is 1. The monoisotopic (exact) mass is 764 g/mol. The topological polar surface area (TPSA) is 120 Å². The number of phenols is 1. The van der Waals surface area contributed by atoms with Gasteiger partial charge in [0.05, 0.1) is 29.4 Å². The van der Waals surface area contributed by atoms with Gasteiger partial charge in [-0.2, -0.15) is 18.2 Å². The molecule has 1 N–H and O–H groups in total. The number of pyridine rings is 1. The van der Waals surface area contributed by atoms with Gasteiger partial charge in [-0.3, -0.25) is 29.1 Å². The molecule has 1 aromatic carbocycles. The molecule has 0 spiro atoms. The van der Waals surface area contributed by atoms with Gasteiger partial charge in [-0.15, -0.1) is 23.2 Å². The number of ether oxygens (including phenoxy) is 1. The molecule has 17 heteroatoms. The Hall–Kier alpha value is -3.07. The van der Waals surface area contributed by atoms with E-state index in [1.165, 1.54) is 26.3 Å². The summed E-state index contributed by atoms with van der Waals surface area (Å²) in [7, 11) is 2.51. The van der Waals surface area contributed by atoms with Crippen LogP contribution in [0.15, 0.2) is 42.0 Å². The first-order chi connectivity index (χ1) is 21.5. The van der Waals surface area contributed by atoms with Crippen LogP contribution in [0, 0.1) is 17.8 Å². The summed E-state index contributed by atoms with van der Waals surface area (Å²) in [6, 6.07) is 6.16. The number of carbonyl (C=O) groups excluding carboxylic acids is 4. The molecule has 4 amide bonds. The van der Waals surface area contributed by atoms with Crippen molar-refractivity contribution in [1.82, 2.24) is 14.9 Å². The Bertz CT molecular complexity index is 1750. The normalized spacial score (nSPS) is 30.7. The molecular weight excluding hydrogens is 744 g/mol. The number of allylic oxidation sites excluding steroid dienone is 2. The molecule has 4 aliphatic rings. The Balaban J connectivity index is 1.48. The Kier molecular flexibility index (Phi) is 7.85. The second-order valence-electron chi connectivity index (χ2n) is 11.4. The van der Waals surface area contributed by atoms with Crippen LogP contribution in [0.4, 0.5) is 19.0 Å². The molecule has 1 saturated carbocycles. The lowest BCUT2D eigenvalue weighted by Gasteiger charge is -2.50. The minimum absolute atomic E-state index is 0.0249. The molecule has 3 fully saturated rings. The number of para-hydroxylation sites is 1. The number of halogens is 7. The van der Waals surface area contributed by atoms with Gasteiger partial charge in [0.2, 0.25) is 0 Å². The second-order valence-corrected chi connectivity index (χ2v) is 13.5. The predicted molar refractivity (Wildman–Crippen MR) is 163 cm³/mol. The lowest BCUT2D eigenvalue weighted by molar-refractivity contribution is -0.142. The Morgan fingerprint density at radius 3 is 2.43 bits per heavy atom. The molecule has 46 heavy (non-hydrogen) atoms. The zero-order valence-electron chi connectivity index (χ0n) is 23.8. The quantitative estimate of drug-likeness (QED) is 0.190. The van der Waals surface area contributed by atoms with Crippen LogP contribution in [0.3, 0.4) is 0 Å². The van der Waals surface area contributed by atoms with Crippen molar-refractivity contribution in [1.29, 1.82) is 0 Å². The third-order valence-electron chi connectivity index (χ3n) is 9.28. The molecule has 6 rings (SSSR count). The van der Waals surface area contributed by atoms with Crippen LogP contribution in [0.1, 0.15) is 30.0 Å². The lowest BCUT2D eigenvalue weighted by Crippen LogP contribution is -2.60. The van der Waals surface area contributed by atoms with E-state index in [1.807, 2.05) is 0 Å². The number of amides is 4. The number of phenolic OH excluding ortho intramolecular Hbond substituents is 1. The first-order valence-corrected chi connectivity index (χ1v) is 16.0. The Morgan fingerprint density at radius 2 is 1.80 bits per heavy atom. The van der Waals surface area contributed by atoms with E-state index in [4.69, 9.17) is 39.5 Å². The van der Waals surface area contributed by atoms with E-state index in [1.54, 1.807) is 12.1 Å². The number of anilines is 1. The SMILES string of the molecule is COc1cccc([C@H]2C3=CC[C@@H]4C(=O)N(N(C)c5nc(C(F)(F)F)ccc5Cl)C(=O)[C@@H]4[C@@H]3C[C@@]3(Cl)C(=O)N(CBr)C(=O)[C@@]23Cl)c1O. The zero-order valence-corrected chi connectivity index (χ0v) is 27.7. The summed E-state index contributed by atoms with van der Waals surface area (Å²) in [6.45, 7) is 0. The van der Waals surface area contributed by atoms with Crippen LogP contribution < -0.4 is 9.75 Å². The highest BCUT2D eigenvalue weighted by Gasteiger charge is 2.76. The van der Waals surface area contributed by atoms with Crippen LogP contribution in [0.25, 0.3) is 0 Å². The first kappa shape index (κ1) is 32.9. The van der Waals surface area contributed by atoms with Crippen LogP contribution in [-0.4, -0.2) is 73.0 Å². The number of alkyl halides is 6. The van der Waals surface area contributed by atoms with E-state index in [0.29, 0.717) is 16.6 Å².